The minimum absolute atomic E-state index is 0.140. The smallest absolute Gasteiger partial charge is 0.324 e. The normalized spacial score (nSPS) is 21.2. The van der Waals surface area contributed by atoms with Gasteiger partial charge in [0, 0.05) is 0 Å². The van der Waals surface area contributed by atoms with E-state index in [1.807, 2.05) is 0 Å². The molecule has 0 spiro atoms. The zero-order valence-electron chi connectivity index (χ0n) is 12.3. The molecule has 21 heavy (non-hydrogen) atoms. The molecule has 0 saturated heterocycles. The zero-order valence-corrected chi connectivity index (χ0v) is 13.0. The SMILES string of the molecule is Clc1nc(OC2CCCCC2)nc(OC2CCCCC2)n1. The molecule has 2 fully saturated rings. The van der Waals surface area contributed by atoms with Crippen molar-refractivity contribution >= 4 is 11.6 Å². The van der Waals surface area contributed by atoms with Gasteiger partial charge in [0.15, 0.2) is 0 Å². The van der Waals surface area contributed by atoms with E-state index in [-0.39, 0.29) is 17.5 Å². The van der Waals surface area contributed by atoms with E-state index in [1.165, 1.54) is 38.5 Å². The number of hydrogen-bond acceptors (Lipinski definition) is 5. The molecule has 5 nitrogen and oxygen atoms in total. The van der Waals surface area contributed by atoms with Crippen LogP contribution in [0.15, 0.2) is 0 Å². The van der Waals surface area contributed by atoms with Crippen molar-refractivity contribution in [3.8, 4) is 12.0 Å². The van der Waals surface area contributed by atoms with E-state index >= 15 is 0 Å². The second-order valence-corrected chi connectivity index (χ2v) is 6.26. The number of aromatic nitrogens is 3. The van der Waals surface area contributed by atoms with Crippen LogP contribution >= 0.6 is 11.6 Å². The molecule has 1 aromatic heterocycles. The zero-order chi connectivity index (χ0) is 14.5. The van der Waals surface area contributed by atoms with Gasteiger partial charge in [-0.15, -0.1) is 4.98 Å². The van der Waals surface area contributed by atoms with Gasteiger partial charge in [0.25, 0.3) is 0 Å². The average Bonchev–Trinajstić information content (AvgIpc) is 2.48. The number of halogens is 1. The van der Waals surface area contributed by atoms with Crippen molar-refractivity contribution in [2.45, 2.75) is 76.4 Å². The van der Waals surface area contributed by atoms with Gasteiger partial charge in [-0.25, -0.2) is 0 Å². The van der Waals surface area contributed by atoms with Crippen LogP contribution in [0.3, 0.4) is 0 Å². The molecule has 0 unspecified atom stereocenters. The summed E-state index contributed by atoms with van der Waals surface area (Å²) in [5.74, 6) is 0. The highest BCUT2D eigenvalue weighted by atomic mass is 35.5. The van der Waals surface area contributed by atoms with E-state index in [0.29, 0.717) is 12.0 Å². The van der Waals surface area contributed by atoms with Gasteiger partial charge < -0.3 is 9.47 Å². The Labute approximate surface area is 130 Å². The third-order valence-corrected chi connectivity index (χ3v) is 4.38. The number of rotatable bonds is 4. The summed E-state index contributed by atoms with van der Waals surface area (Å²) in [5.41, 5.74) is 0. The van der Waals surface area contributed by atoms with Crippen molar-refractivity contribution in [1.29, 1.82) is 0 Å². The lowest BCUT2D eigenvalue weighted by Gasteiger charge is -2.23. The van der Waals surface area contributed by atoms with Crippen LogP contribution in [0.1, 0.15) is 64.2 Å². The van der Waals surface area contributed by atoms with E-state index in [1.54, 1.807) is 0 Å². The molecule has 0 bridgehead atoms. The number of nitrogens with zero attached hydrogens (tertiary/aromatic N) is 3. The molecular weight excluding hydrogens is 290 g/mol. The van der Waals surface area contributed by atoms with Crippen molar-refractivity contribution in [3.05, 3.63) is 5.28 Å². The first-order chi connectivity index (χ1) is 10.3. The van der Waals surface area contributed by atoms with Gasteiger partial charge in [-0.1, -0.05) is 12.8 Å². The lowest BCUT2D eigenvalue weighted by atomic mass is 9.98. The third-order valence-electron chi connectivity index (χ3n) is 4.22. The Hall–Kier alpha value is -1.10. The summed E-state index contributed by atoms with van der Waals surface area (Å²) in [6, 6.07) is 0.598. The number of ether oxygens (including phenoxy) is 2. The van der Waals surface area contributed by atoms with Crippen molar-refractivity contribution in [3.63, 3.8) is 0 Å². The Kier molecular flexibility index (Phi) is 5.12. The Morgan fingerprint density at radius 1 is 0.667 bits per heavy atom. The second-order valence-electron chi connectivity index (χ2n) is 5.93. The van der Waals surface area contributed by atoms with Crippen molar-refractivity contribution in [1.82, 2.24) is 15.0 Å². The largest absolute Gasteiger partial charge is 0.460 e. The highest BCUT2D eigenvalue weighted by molar-refractivity contribution is 6.28. The summed E-state index contributed by atoms with van der Waals surface area (Å²) in [4.78, 5) is 12.4. The van der Waals surface area contributed by atoms with Gasteiger partial charge >= 0.3 is 12.0 Å². The van der Waals surface area contributed by atoms with E-state index in [0.717, 1.165) is 25.7 Å². The fraction of sp³-hybridized carbons (Fsp3) is 0.800. The first-order valence-electron chi connectivity index (χ1n) is 8.04. The van der Waals surface area contributed by atoms with Crippen molar-refractivity contribution < 1.29 is 9.47 Å². The predicted octanol–water partition coefficient (Wildman–Crippen LogP) is 3.95. The Morgan fingerprint density at radius 2 is 1.10 bits per heavy atom. The standard InChI is InChI=1S/C15H22ClN3O2/c16-13-17-14(20-11-7-3-1-4-8-11)19-15(18-13)21-12-9-5-2-6-10-12/h11-12H,1-10H2. The molecule has 0 aliphatic heterocycles. The summed E-state index contributed by atoms with van der Waals surface area (Å²) in [5, 5.41) is 0.140. The fourth-order valence-electron chi connectivity index (χ4n) is 3.08. The minimum Gasteiger partial charge on any atom is -0.460 e. The molecule has 0 aromatic carbocycles. The van der Waals surface area contributed by atoms with E-state index < -0.39 is 0 Å². The number of hydrogen-bond donors (Lipinski definition) is 0. The lowest BCUT2D eigenvalue weighted by molar-refractivity contribution is 0.124. The predicted molar refractivity (Wildman–Crippen MR) is 79.8 cm³/mol. The van der Waals surface area contributed by atoms with Gasteiger partial charge in [0.2, 0.25) is 5.28 Å². The highest BCUT2D eigenvalue weighted by Gasteiger charge is 2.20. The molecule has 0 radical (unpaired) electrons. The average molecular weight is 312 g/mol. The quantitative estimate of drug-likeness (QED) is 0.842. The van der Waals surface area contributed by atoms with Crippen LogP contribution in [0.5, 0.6) is 12.0 Å². The van der Waals surface area contributed by atoms with Crippen LogP contribution in [-0.4, -0.2) is 27.2 Å². The van der Waals surface area contributed by atoms with E-state index in [9.17, 15) is 0 Å². The fourth-order valence-corrected chi connectivity index (χ4v) is 3.23. The molecule has 0 atom stereocenters. The summed E-state index contributed by atoms with van der Waals surface area (Å²) in [7, 11) is 0. The minimum atomic E-state index is 0.140. The summed E-state index contributed by atoms with van der Waals surface area (Å²) < 4.78 is 11.7. The third kappa shape index (κ3) is 4.43. The van der Waals surface area contributed by atoms with Crippen molar-refractivity contribution in [2.24, 2.45) is 0 Å². The van der Waals surface area contributed by atoms with Gasteiger partial charge in [-0.05, 0) is 63.0 Å². The first-order valence-corrected chi connectivity index (χ1v) is 8.42. The molecule has 1 aromatic rings. The van der Waals surface area contributed by atoms with Crippen LogP contribution in [0.2, 0.25) is 5.28 Å². The molecule has 3 rings (SSSR count). The Bertz CT molecular complexity index is 422. The highest BCUT2D eigenvalue weighted by Crippen LogP contribution is 2.25. The van der Waals surface area contributed by atoms with Crippen LogP contribution in [0, 0.1) is 0 Å². The maximum Gasteiger partial charge on any atom is 0.324 e. The van der Waals surface area contributed by atoms with E-state index in [4.69, 9.17) is 21.1 Å². The van der Waals surface area contributed by atoms with Gasteiger partial charge in [-0.3, -0.25) is 0 Å². The molecular formula is C15H22ClN3O2. The van der Waals surface area contributed by atoms with Crippen molar-refractivity contribution in [2.75, 3.05) is 0 Å². The molecule has 1 heterocycles. The molecule has 2 saturated carbocycles. The van der Waals surface area contributed by atoms with Crippen LogP contribution < -0.4 is 9.47 Å². The molecule has 2 aliphatic rings. The van der Waals surface area contributed by atoms with Gasteiger partial charge in [0.1, 0.15) is 12.2 Å². The van der Waals surface area contributed by atoms with Crippen LogP contribution in [0.25, 0.3) is 0 Å². The molecule has 2 aliphatic carbocycles. The monoisotopic (exact) mass is 311 g/mol. The molecule has 0 amide bonds. The summed E-state index contributed by atoms with van der Waals surface area (Å²) >= 11 is 5.96. The molecule has 6 heteroatoms. The molecule has 0 N–H and O–H groups in total. The summed E-state index contributed by atoms with van der Waals surface area (Å²) in [6.07, 6.45) is 12.0. The molecule has 116 valence electrons. The van der Waals surface area contributed by atoms with E-state index in [2.05, 4.69) is 15.0 Å². The van der Waals surface area contributed by atoms with Crippen LogP contribution in [-0.2, 0) is 0 Å². The maximum absolute atomic E-state index is 5.96. The lowest BCUT2D eigenvalue weighted by Crippen LogP contribution is -2.23. The summed E-state index contributed by atoms with van der Waals surface area (Å²) in [6.45, 7) is 0. The second kappa shape index (κ2) is 7.25. The first kappa shape index (κ1) is 14.8. The van der Waals surface area contributed by atoms with Crippen LogP contribution in [0.4, 0.5) is 0 Å². The maximum atomic E-state index is 5.96. The van der Waals surface area contributed by atoms with Gasteiger partial charge in [0.05, 0.1) is 0 Å². The Morgan fingerprint density at radius 3 is 1.52 bits per heavy atom. The Balaban J connectivity index is 1.63. The topological polar surface area (TPSA) is 57.1 Å². The van der Waals surface area contributed by atoms with Gasteiger partial charge in [-0.2, -0.15) is 9.97 Å².